The maximum Gasteiger partial charge on any atom is 0.274 e. The smallest absolute Gasteiger partial charge is 0.274 e. The summed E-state index contributed by atoms with van der Waals surface area (Å²) in [4.78, 5) is 27.5. The molecule has 2 heterocycles. The van der Waals surface area contributed by atoms with E-state index in [1.165, 1.54) is 16.3 Å². The van der Waals surface area contributed by atoms with E-state index in [4.69, 9.17) is 0 Å². The minimum absolute atomic E-state index is 0.142. The Bertz CT molecular complexity index is 1250. The Labute approximate surface area is 176 Å². The lowest BCUT2D eigenvalue weighted by Gasteiger charge is -2.10. The number of aryl methyl sites for hydroxylation is 2. The van der Waals surface area contributed by atoms with Crippen molar-refractivity contribution >= 4 is 29.1 Å². The number of hydrogen-bond donors (Lipinski definition) is 2. The van der Waals surface area contributed by atoms with E-state index in [2.05, 4.69) is 25.6 Å². The highest BCUT2D eigenvalue weighted by atomic mass is 32.2. The molecule has 0 spiro atoms. The minimum Gasteiger partial charge on any atom is -0.325 e. The average Bonchev–Trinajstić information content (AvgIpc) is 3.12. The highest BCUT2D eigenvalue weighted by molar-refractivity contribution is 7.99. The number of amides is 1. The number of carbonyl (C=O) groups is 1. The van der Waals surface area contributed by atoms with Crippen LogP contribution in [0.4, 0.5) is 5.69 Å². The molecular formula is C21H20N6O2S. The zero-order chi connectivity index (χ0) is 21.1. The van der Waals surface area contributed by atoms with Crippen LogP contribution in [-0.2, 0) is 11.2 Å². The summed E-state index contributed by atoms with van der Waals surface area (Å²) in [5, 5.41) is 15.8. The topological polar surface area (TPSA) is 105 Å². The Morgan fingerprint density at radius 3 is 2.53 bits per heavy atom. The zero-order valence-electron chi connectivity index (χ0n) is 16.5. The van der Waals surface area contributed by atoms with E-state index in [1.54, 1.807) is 0 Å². The number of benzene rings is 2. The lowest BCUT2D eigenvalue weighted by molar-refractivity contribution is -0.113. The molecule has 0 aliphatic rings. The average molecular weight is 420 g/mol. The van der Waals surface area contributed by atoms with E-state index in [0.29, 0.717) is 17.3 Å². The van der Waals surface area contributed by atoms with Gasteiger partial charge in [0.2, 0.25) is 11.1 Å². The number of carbonyl (C=O) groups excluding carboxylic acids is 1. The number of fused-ring (bicyclic) bond motifs is 1. The van der Waals surface area contributed by atoms with Crippen LogP contribution in [0.3, 0.4) is 0 Å². The molecule has 8 nitrogen and oxygen atoms in total. The molecule has 0 radical (unpaired) electrons. The molecule has 2 N–H and O–H groups in total. The fourth-order valence-corrected chi connectivity index (χ4v) is 3.77. The molecule has 0 unspecified atom stereocenters. The summed E-state index contributed by atoms with van der Waals surface area (Å²) in [5.74, 6) is 0.237. The number of aromatic amines is 1. The third-order valence-electron chi connectivity index (χ3n) is 4.61. The maximum atomic E-state index is 12.4. The Morgan fingerprint density at radius 2 is 1.80 bits per heavy atom. The first-order chi connectivity index (χ1) is 14.5. The number of thioether (sulfide) groups is 1. The van der Waals surface area contributed by atoms with Gasteiger partial charge in [0.05, 0.1) is 5.75 Å². The van der Waals surface area contributed by atoms with Gasteiger partial charge in [0, 0.05) is 12.1 Å². The number of H-pyrrole nitrogens is 1. The van der Waals surface area contributed by atoms with Crippen LogP contribution >= 0.6 is 11.8 Å². The van der Waals surface area contributed by atoms with Crippen molar-refractivity contribution in [1.82, 2.24) is 24.8 Å². The summed E-state index contributed by atoms with van der Waals surface area (Å²) >= 11 is 1.21. The fourth-order valence-electron chi connectivity index (χ4n) is 3.09. The molecule has 152 valence electrons. The van der Waals surface area contributed by atoms with Crippen LogP contribution < -0.4 is 10.9 Å². The van der Waals surface area contributed by atoms with Gasteiger partial charge < -0.3 is 5.32 Å². The molecule has 4 aromatic rings. The second kappa shape index (κ2) is 8.50. The number of hydrogen-bond acceptors (Lipinski definition) is 6. The first-order valence-corrected chi connectivity index (χ1v) is 10.4. The van der Waals surface area contributed by atoms with Gasteiger partial charge in [-0.3, -0.25) is 14.6 Å². The van der Waals surface area contributed by atoms with Crippen molar-refractivity contribution in [3.8, 4) is 0 Å². The predicted octanol–water partition coefficient (Wildman–Crippen LogP) is 2.75. The van der Waals surface area contributed by atoms with Gasteiger partial charge in [-0.1, -0.05) is 60.3 Å². The summed E-state index contributed by atoms with van der Waals surface area (Å²) in [6.45, 7) is 3.91. The molecule has 0 atom stereocenters. The quantitative estimate of drug-likeness (QED) is 0.465. The summed E-state index contributed by atoms with van der Waals surface area (Å²) in [6.07, 6.45) is 0.390. The van der Waals surface area contributed by atoms with Crippen molar-refractivity contribution in [2.45, 2.75) is 25.4 Å². The van der Waals surface area contributed by atoms with E-state index in [-0.39, 0.29) is 23.0 Å². The van der Waals surface area contributed by atoms with Gasteiger partial charge in [-0.05, 0) is 30.5 Å². The third kappa shape index (κ3) is 4.25. The summed E-state index contributed by atoms with van der Waals surface area (Å²) in [5.41, 5.74) is 3.86. The third-order valence-corrected chi connectivity index (χ3v) is 5.53. The van der Waals surface area contributed by atoms with Crippen LogP contribution in [0.1, 0.15) is 22.4 Å². The van der Waals surface area contributed by atoms with Gasteiger partial charge in [0.25, 0.3) is 11.3 Å². The second-order valence-electron chi connectivity index (χ2n) is 6.88. The van der Waals surface area contributed by atoms with Gasteiger partial charge in [-0.15, -0.1) is 10.2 Å². The van der Waals surface area contributed by atoms with Gasteiger partial charge >= 0.3 is 0 Å². The maximum absolute atomic E-state index is 12.4. The van der Waals surface area contributed by atoms with Gasteiger partial charge in [-0.25, -0.2) is 0 Å². The Balaban J connectivity index is 1.51. The minimum atomic E-state index is -0.303. The number of para-hydroxylation sites is 1. The molecule has 2 aromatic heterocycles. The number of nitrogens with one attached hydrogen (secondary N) is 2. The Hall–Kier alpha value is -3.46. The first-order valence-electron chi connectivity index (χ1n) is 9.38. The van der Waals surface area contributed by atoms with Gasteiger partial charge in [-0.2, -0.15) is 9.61 Å². The molecule has 0 aliphatic heterocycles. The lowest BCUT2D eigenvalue weighted by atomic mass is 10.1. The summed E-state index contributed by atoms with van der Waals surface area (Å²) < 4.78 is 1.47. The molecular weight excluding hydrogens is 400 g/mol. The molecule has 30 heavy (non-hydrogen) atoms. The van der Waals surface area contributed by atoms with Crippen LogP contribution in [0, 0.1) is 13.8 Å². The number of aromatic nitrogens is 5. The molecule has 9 heteroatoms. The lowest BCUT2D eigenvalue weighted by Crippen LogP contribution is -2.19. The van der Waals surface area contributed by atoms with E-state index in [1.807, 2.05) is 62.4 Å². The Kier molecular flexibility index (Phi) is 5.62. The zero-order valence-corrected chi connectivity index (χ0v) is 17.4. The van der Waals surface area contributed by atoms with Crippen molar-refractivity contribution in [3.05, 3.63) is 81.3 Å². The highest BCUT2D eigenvalue weighted by Crippen LogP contribution is 2.21. The van der Waals surface area contributed by atoms with Gasteiger partial charge in [0.1, 0.15) is 5.69 Å². The largest absolute Gasteiger partial charge is 0.325 e. The number of rotatable bonds is 6. The van der Waals surface area contributed by atoms with E-state index in [9.17, 15) is 9.59 Å². The van der Waals surface area contributed by atoms with Crippen LogP contribution in [-0.4, -0.2) is 36.5 Å². The van der Waals surface area contributed by atoms with E-state index < -0.39 is 0 Å². The first kappa shape index (κ1) is 19.8. The Morgan fingerprint density at radius 1 is 1.07 bits per heavy atom. The molecule has 0 saturated carbocycles. The standard InChI is InChI=1S/C21H20N6O2S/c1-13-7-6-8-14(2)18(13)22-17(28)12-30-21-25-24-20-23-19(29)16(26-27(20)21)11-15-9-4-3-5-10-15/h3-10H,11-12H2,1-2H3,(H,22,28)(H,23,24,29). The van der Waals surface area contributed by atoms with Crippen LogP contribution in [0.15, 0.2) is 58.5 Å². The van der Waals surface area contributed by atoms with E-state index >= 15 is 0 Å². The predicted molar refractivity (Wildman–Crippen MR) is 116 cm³/mol. The van der Waals surface area contributed by atoms with Crippen LogP contribution in [0.25, 0.3) is 5.78 Å². The monoisotopic (exact) mass is 420 g/mol. The SMILES string of the molecule is Cc1cccc(C)c1NC(=O)CSc1nnc2[nH]c(=O)c(Cc3ccccc3)nn12. The molecule has 2 aromatic carbocycles. The van der Waals surface area contributed by atoms with Gasteiger partial charge in [0.15, 0.2) is 0 Å². The molecule has 1 amide bonds. The van der Waals surface area contributed by atoms with Crippen molar-refractivity contribution in [3.63, 3.8) is 0 Å². The van der Waals surface area contributed by atoms with Crippen LogP contribution in [0.2, 0.25) is 0 Å². The molecule has 4 rings (SSSR count). The molecule has 0 bridgehead atoms. The molecule has 0 fully saturated rings. The summed E-state index contributed by atoms with van der Waals surface area (Å²) in [7, 11) is 0. The number of anilines is 1. The van der Waals surface area contributed by atoms with Crippen molar-refractivity contribution < 1.29 is 4.79 Å². The molecule has 0 aliphatic carbocycles. The highest BCUT2D eigenvalue weighted by Gasteiger charge is 2.14. The summed E-state index contributed by atoms with van der Waals surface area (Å²) in [6, 6.07) is 15.5. The van der Waals surface area contributed by atoms with Crippen molar-refractivity contribution in [2.75, 3.05) is 11.1 Å². The second-order valence-corrected chi connectivity index (χ2v) is 7.83. The molecule has 0 saturated heterocycles. The number of nitrogens with zero attached hydrogens (tertiary/aromatic N) is 4. The van der Waals surface area contributed by atoms with Crippen LogP contribution in [0.5, 0.6) is 0 Å². The van der Waals surface area contributed by atoms with E-state index in [0.717, 1.165) is 22.4 Å². The van der Waals surface area contributed by atoms with Crippen molar-refractivity contribution in [1.29, 1.82) is 0 Å². The fraction of sp³-hybridized carbons (Fsp3) is 0.190. The van der Waals surface area contributed by atoms with Crippen molar-refractivity contribution in [2.24, 2.45) is 0 Å². The normalized spacial score (nSPS) is 11.0.